The second-order valence-electron chi connectivity index (χ2n) is 7.59. The van der Waals surface area contributed by atoms with Gasteiger partial charge in [-0.15, -0.1) is 11.8 Å². The number of aryl methyl sites for hydroxylation is 1. The number of rotatable bonds is 8. The monoisotopic (exact) mass is 417 g/mol. The van der Waals surface area contributed by atoms with Crippen LogP contribution in [0.1, 0.15) is 36.3 Å². The van der Waals surface area contributed by atoms with Gasteiger partial charge in [-0.2, -0.15) is 0 Å². The van der Waals surface area contributed by atoms with Crippen LogP contribution < -0.4 is 4.74 Å². The number of amides is 1. The summed E-state index contributed by atoms with van der Waals surface area (Å²) in [4.78, 5) is 14.8. The second kappa shape index (κ2) is 9.86. The molecule has 2 unspecified atom stereocenters. The van der Waals surface area contributed by atoms with Crippen LogP contribution in [0.4, 0.5) is 0 Å². The first kappa shape index (κ1) is 20.5. The van der Waals surface area contributed by atoms with Gasteiger partial charge < -0.3 is 9.64 Å². The Bertz CT molecular complexity index is 961. The average molecular weight is 418 g/mol. The van der Waals surface area contributed by atoms with Gasteiger partial charge in [0.05, 0.1) is 5.25 Å². The standard InChI is InChI=1S/C26H27NO2S/c1-20-25(28)27(18-9-8-13-21-11-4-2-5-12-21)26(30-20)22-14-10-17-24(19-22)29-23-15-6-3-7-16-23/h2-7,10-12,14-17,19-20,26H,8-9,13,18H2,1H3. The Morgan fingerprint density at radius 2 is 1.57 bits per heavy atom. The van der Waals surface area contributed by atoms with Crippen molar-refractivity contribution in [1.82, 2.24) is 4.90 Å². The molecule has 0 spiro atoms. The van der Waals surface area contributed by atoms with Crippen LogP contribution in [0.5, 0.6) is 11.5 Å². The van der Waals surface area contributed by atoms with Crippen LogP contribution in [0.15, 0.2) is 84.9 Å². The summed E-state index contributed by atoms with van der Waals surface area (Å²) < 4.78 is 6.00. The summed E-state index contributed by atoms with van der Waals surface area (Å²) in [5.74, 6) is 1.85. The van der Waals surface area contributed by atoms with Crippen molar-refractivity contribution < 1.29 is 9.53 Å². The molecule has 3 aromatic rings. The van der Waals surface area contributed by atoms with Crippen LogP contribution >= 0.6 is 11.8 Å². The van der Waals surface area contributed by atoms with E-state index in [0.717, 1.165) is 42.9 Å². The molecule has 0 bridgehead atoms. The average Bonchev–Trinajstić information content (AvgIpc) is 3.07. The van der Waals surface area contributed by atoms with Gasteiger partial charge in [0.2, 0.25) is 5.91 Å². The molecular formula is C26H27NO2S. The Hall–Kier alpha value is -2.72. The second-order valence-corrected chi connectivity index (χ2v) is 9.02. The van der Waals surface area contributed by atoms with Crippen molar-refractivity contribution >= 4 is 17.7 Å². The Morgan fingerprint density at radius 1 is 0.867 bits per heavy atom. The fraction of sp³-hybridized carbons (Fsp3) is 0.269. The Kier molecular flexibility index (Phi) is 6.75. The largest absolute Gasteiger partial charge is 0.457 e. The highest BCUT2D eigenvalue weighted by molar-refractivity contribution is 8.01. The maximum absolute atomic E-state index is 12.8. The summed E-state index contributed by atoms with van der Waals surface area (Å²) in [6.07, 6.45) is 3.14. The number of benzene rings is 3. The van der Waals surface area contributed by atoms with E-state index >= 15 is 0 Å². The van der Waals surface area contributed by atoms with Gasteiger partial charge in [-0.3, -0.25) is 4.79 Å². The van der Waals surface area contributed by atoms with Gasteiger partial charge >= 0.3 is 0 Å². The molecule has 1 aliphatic heterocycles. The van der Waals surface area contributed by atoms with Crippen LogP contribution in [0.25, 0.3) is 0 Å². The number of unbranched alkanes of at least 4 members (excludes halogenated alkanes) is 1. The Morgan fingerprint density at radius 3 is 2.33 bits per heavy atom. The van der Waals surface area contributed by atoms with E-state index in [1.54, 1.807) is 11.8 Å². The molecule has 1 aliphatic rings. The molecule has 1 saturated heterocycles. The zero-order chi connectivity index (χ0) is 20.8. The number of hydrogen-bond acceptors (Lipinski definition) is 3. The van der Waals surface area contributed by atoms with E-state index in [0.29, 0.717) is 0 Å². The van der Waals surface area contributed by atoms with Crippen LogP contribution in [0.2, 0.25) is 0 Å². The zero-order valence-electron chi connectivity index (χ0n) is 17.2. The van der Waals surface area contributed by atoms with E-state index in [1.807, 2.05) is 60.4 Å². The molecule has 0 aromatic heterocycles. The highest BCUT2D eigenvalue weighted by atomic mass is 32.2. The van der Waals surface area contributed by atoms with E-state index in [4.69, 9.17) is 4.74 Å². The molecule has 30 heavy (non-hydrogen) atoms. The van der Waals surface area contributed by atoms with Gasteiger partial charge in [-0.25, -0.2) is 0 Å². The van der Waals surface area contributed by atoms with Crippen LogP contribution in [0, 0.1) is 0 Å². The molecule has 4 rings (SSSR count). The van der Waals surface area contributed by atoms with Crippen LogP contribution in [-0.4, -0.2) is 22.6 Å². The first-order valence-corrected chi connectivity index (χ1v) is 11.5. The van der Waals surface area contributed by atoms with Crippen LogP contribution in [-0.2, 0) is 11.2 Å². The summed E-state index contributed by atoms with van der Waals surface area (Å²) in [7, 11) is 0. The lowest BCUT2D eigenvalue weighted by Gasteiger charge is -2.24. The molecule has 0 N–H and O–H groups in total. The van der Waals surface area contributed by atoms with Crippen molar-refractivity contribution in [3.63, 3.8) is 0 Å². The van der Waals surface area contributed by atoms with Gasteiger partial charge in [-0.1, -0.05) is 60.7 Å². The lowest BCUT2D eigenvalue weighted by Crippen LogP contribution is -2.31. The molecule has 1 heterocycles. The summed E-state index contributed by atoms with van der Waals surface area (Å²) in [5, 5.41) is 0.0337. The van der Waals surface area contributed by atoms with Gasteiger partial charge in [0.25, 0.3) is 0 Å². The lowest BCUT2D eigenvalue weighted by molar-refractivity contribution is -0.129. The van der Waals surface area contributed by atoms with Crippen molar-refractivity contribution in [3.05, 3.63) is 96.1 Å². The van der Waals surface area contributed by atoms with Crippen molar-refractivity contribution in [2.45, 2.75) is 36.8 Å². The third kappa shape index (κ3) is 5.06. The molecular weight excluding hydrogens is 390 g/mol. The molecule has 0 radical (unpaired) electrons. The molecule has 3 aromatic carbocycles. The van der Waals surface area contributed by atoms with E-state index in [9.17, 15) is 4.79 Å². The van der Waals surface area contributed by atoms with Gasteiger partial charge in [-0.05, 0) is 61.6 Å². The Balaban J connectivity index is 1.41. The predicted molar refractivity (Wildman–Crippen MR) is 124 cm³/mol. The number of hydrogen-bond donors (Lipinski definition) is 0. The number of carbonyl (C=O) groups is 1. The lowest BCUT2D eigenvalue weighted by atomic mass is 10.1. The third-order valence-corrected chi connectivity index (χ3v) is 6.72. The topological polar surface area (TPSA) is 29.5 Å². The number of thioether (sulfide) groups is 1. The van der Waals surface area contributed by atoms with Gasteiger partial charge in [0, 0.05) is 6.54 Å². The van der Waals surface area contributed by atoms with E-state index in [2.05, 4.69) is 36.4 Å². The maximum Gasteiger partial charge on any atom is 0.236 e. The number of carbonyl (C=O) groups excluding carboxylic acids is 1. The van der Waals surface area contributed by atoms with Crippen molar-refractivity contribution in [3.8, 4) is 11.5 Å². The summed E-state index contributed by atoms with van der Waals surface area (Å²) in [6, 6.07) is 28.5. The first-order valence-electron chi connectivity index (χ1n) is 10.5. The Labute approximate surface area is 183 Å². The van der Waals surface area contributed by atoms with E-state index < -0.39 is 0 Å². The van der Waals surface area contributed by atoms with Crippen molar-refractivity contribution in [1.29, 1.82) is 0 Å². The highest BCUT2D eigenvalue weighted by Crippen LogP contribution is 2.43. The minimum atomic E-state index is -0.0113. The van der Waals surface area contributed by atoms with Gasteiger partial charge in [0.15, 0.2) is 0 Å². The smallest absolute Gasteiger partial charge is 0.236 e. The number of nitrogens with zero attached hydrogens (tertiary/aromatic N) is 1. The number of ether oxygens (including phenoxy) is 1. The SMILES string of the molecule is CC1SC(c2cccc(Oc3ccccc3)c2)N(CCCCc2ccccc2)C1=O. The van der Waals surface area contributed by atoms with Gasteiger partial charge in [0.1, 0.15) is 16.9 Å². The minimum absolute atomic E-state index is 0.0113. The normalized spacial score (nSPS) is 18.6. The maximum atomic E-state index is 12.8. The molecule has 2 atom stereocenters. The quantitative estimate of drug-likeness (QED) is 0.394. The molecule has 154 valence electrons. The molecule has 3 nitrogen and oxygen atoms in total. The summed E-state index contributed by atoms with van der Waals surface area (Å²) in [5.41, 5.74) is 2.48. The van der Waals surface area contributed by atoms with Crippen molar-refractivity contribution in [2.24, 2.45) is 0 Å². The molecule has 0 saturated carbocycles. The molecule has 4 heteroatoms. The number of para-hydroxylation sites is 1. The van der Waals surface area contributed by atoms with Crippen molar-refractivity contribution in [2.75, 3.05) is 6.54 Å². The fourth-order valence-electron chi connectivity index (χ4n) is 3.77. The highest BCUT2D eigenvalue weighted by Gasteiger charge is 2.38. The van der Waals surface area contributed by atoms with E-state index in [-0.39, 0.29) is 16.5 Å². The zero-order valence-corrected chi connectivity index (χ0v) is 18.1. The minimum Gasteiger partial charge on any atom is -0.457 e. The fourth-order valence-corrected chi connectivity index (χ4v) is 5.07. The summed E-state index contributed by atoms with van der Waals surface area (Å²) in [6.45, 7) is 2.80. The van der Waals surface area contributed by atoms with E-state index in [1.165, 1.54) is 5.56 Å². The molecule has 1 amide bonds. The first-order chi connectivity index (χ1) is 14.7. The third-order valence-electron chi connectivity index (χ3n) is 5.33. The molecule has 0 aliphatic carbocycles. The van der Waals surface area contributed by atoms with Crippen LogP contribution in [0.3, 0.4) is 0 Å². The molecule has 1 fully saturated rings. The summed E-state index contributed by atoms with van der Waals surface area (Å²) >= 11 is 1.73. The predicted octanol–water partition coefficient (Wildman–Crippen LogP) is 6.46.